The van der Waals surface area contributed by atoms with Crippen LogP contribution in [0.25, 0.3) is 0 Å². The van der Waals surface area contributed by atoms with Gasteiger partial charge in [-0.15, -0.1) is 0 Å². The van der Waals surface area contributed by atoms with Crippen LogP contribution in [0, 0.1) is 5.92 Å². The van der Waals surface area contributed by atoms with Crippen molar-refractivity contribution < 1.29 is 4.79 Å². The Morgan fingerprint density at radius 2 is 1.78 bits per heavy atom. The quantitative estimate of drug-likeness (QED) is 0.794. The lowest BCUT2D eigenvalue weighted by Crippen LogP contribution is -2.51. The fraction of sp³-hybridized carbons (Fsp3) is 0.929. The number of carbonyl (C=O) groups excluding carboxylic acids is 1. The summed E-state index contributed by atoms with van der Waals surface area (Å²) in [4.78, 5) is 13.9. The molecule has 0 heterocycles. The lowest BCUT2D eigenvalue weighted by Gasteiger charge is -2.37. The van der Waals surface area contributed by atoms with Crippen LogP contribution in [0.3, 0.4) is 0 Å². The topological polar surface area (TPSA) is 72.3 Å². The van der Waals surface area contributed by atoms with Crippen LogP contribution >= 0.6 is 0 Å². The predicted octanol–water partition coefficient (Wildman–Crippen LogP) is 1.23. The molecule has 4 heteroatoms. The molecule has 4 nitrogen and oxygen atoms in total. The number of hydrogen-bond acceptors (Lipinski definition) is 3. The number of amides is 1. The zero-order valence-electron chi connectivity index (χ0n) is 11.7. The Morgan fingerprint density at radius 1 is 1.17 bits per heavy atom. The van der Waals surface area contributed by atoms with Crippen molar-refractivity contribution in [3.05, 3.63) is 0 Å². The minimum Gasteiger partial charge on any atom is -0.368 e. The SMILES string of the molecule is CC1CCC(N(C)C2CCC(N)(C(N)=O)C2)CC1. The van der Waals surface area contributed by atoms with Crippen molar-refractivity contribution in [3.63, 3.8) is 0 Å². The molecule has 2 fully saturated rings. The van der Waals surface area contributed by atoms with Crippen LogP contribution in [-0.4, -0.2) is 35.5 Å². The first kappa shape index (κ1) is 13.8. The second-order valence-electron chi connectivity index (χ2n) is 6.50. The summed E-state index contributed by atoms with van der Waals surface area (Å²) in [5, 5.41) is 0. The van der Waals surface area contributed by atoms with Gasteiger partial charge in [0.2, 0.25) is 5.91 Å². The third-order valence-electron chi connectivity index (χ3n) is 5.15. The zero-order valence-corrected chi connectivity index (χ0v) is 11.7. The van der Waals surface area contributed by atoms with Crippen molar-refractivity contribution in [1.82, 2.24) is 4.90 Å². The van der Waals surface area contributed by atoms with Crippen LogP contribution in [0.15, 0.2) is 0 Å². The third-order valence-corrected chi connectivity index (χ3v) is 5.15. The molecule has 0 aliphatic heterocycles. The van der Waals surface area contributed by atoms with E-state index in [9.17, 15) is 4.79 Å². The summed E-state index contributed by atoms with van der Waals surface area (Å²) in [5.41, 5.74) is 10.7. The summed E-state index contributed by atoms with van der Waals surface area (Å²) in [6.45, 7) is 2.34. The molecule has 4 N–H and O–H groups in total. The number of primary amides is 1. The average Bonchev–Trinajstić information content (AvgIpc) is 2.73. The molecule has 2 rings (SSSR count). The highest BCUT2D eigenvalue weighted by Gasteiger charge is 2.43. The summed E-state index contributed by atoms with van der Waals surface area (Å²) in [6.07, 6.45) is 7.68. The Balaban J connectivity index is 1.91. The van der Waals surface area contributed by atoms with Crippen LogP contribution in [0.1, 0.15) is 51.9 Å². The first-order chi connectivity index (χ1) is 8.42. The molecule has 0 bridgehead atoms. The van der Waals surface area contributed by atoms with Gasteiger partial charge in [0.15, 0.2) is 0 Å². The zero-order chi connectivity index (χ0) is 13.3. The molecule has 1 amide bonds. The van der Waals surface area contributed by atoms with Crippen molar-refractivity contribution in [2.75, 3.05) is 7.05 Å². The normalized spacial score (nSPS) is 41.2. The lowest BCUT2D eigenvalue weighted by atomic mass is 9.86. The molecule has 0 radical (unpaired) electrons. The fourth-order valence-corrected chi connectivity index (χ4v) is 3.57. The molecule has 2 saturated carbocycles. The summed E-state index contributed by atoms with van der Waals surface area (Å²) >= 11 is 0. The number of rotatable bonds is 3. The van der Waals surface area contributed by atoms with Crippen molar-refractivity contribution in [1.29, 1.82) is 0 Å². The molecule has 0 spiro atoms. The molecular formula is C14H27N3O. The van der Waals surface area contributed by atoms with E-state index in [1.54, 1.807) is 0 Å². The van der Waals surface area contributed by atoms with E-state index in [4.69, 9.17) is 11.5 Å². The van der Waals surface area contributed by atoms with Gasteiger partial charge < -0.3 is 16.4 Å². The van der Waals surface area contributed by atoms with Crippen LogP contribution in [0.5, 0.6) is 0 Å². The van der Waals surface area contributed by atoms with E-state index in [1.807, 2.05) is 0 Å². The molecule has 18 heavy (non-hydrogen) atoms. The standard InChI is InChI=1S/C14H27N3O/c1-10-3-5-11(6-4-10)17(2)12-7-8-14(16,9-12)13(15)18/h10-12H,3-9,16H2,1-2H3,(H2,15,18). The maximum atomic E-state index is 11.4. The number of hydrogen-bond donors (Lipinski definition) is 2. The van der Waals surface area contributed by atoms with E-state index < -0.39 is 5.54 Å². The van der Waals surface area contributed by atoms with Crippen molar-refractivity contribution in [3.8, 4) is 0 Å². The molecule has 0 aromatic heterocycles. The van der Waals surface area contributed by atoms with Gasteiger partial charge in [0, 0.05) is 12.1 Å². The second-order valence-corrected chi connectivity index (χ2v) is 6.50. The monoisotopic (exact) mass is 253 g/mol. The van der Waals surface area contributed by atoms with Gasteiger partial charge in [-0.05, 0) is 57.9 Å². The van der Waals surface area contributed by atoms with Crippen LogP contribution in [-0.2, 0) is 4.79 Å². The largest absolute Gasteiger partial charge is 0.368 e. The number of carbonyl (C=O) groups is 1. The summed E-state index contributed by atoms with van der Waals surface area (Å²) < 4.78 is 0. The molecule has 0 saturated heterocycles. The molecule has 0 aromatic carbocycles. The van der Waals surface area contributed by atoms with Gasteiger partial charge in [0.05, 0.1) is 5.54 Å². The average molecular weight is 253 g/mol. The molecule has 2 atom stereocenters. The van der Waals surface area contributed by atoms with Crippen molar-refractivity contribution in [2.45, 2.75) is 69.5 Å². The maximum Gasteiger partial charge on any atom is 0.237 e. The van der Waals surface area contributed by atoms with Crippen LogP contribution in [0.2, 0.25) is 0 Å². The summed E-state index contributed by atoms with van der Waals surface area (Å²) in [5.74, 6) is 0.535. The van der Waals surface area contributed by atoms with Gasteiger partial charge >= 0.3 is 0 Å². The molecule has 2 aliphatic rings. The van der Waals surface area contributed by atoms with Crippen molar-refractivity contribution in [2.24, 2.45) is 17.4 Å². The van der Waals surface area contributed by atoms with Gasteiger partial charge in [0.1, 0.15) is 0 Å². The minimum absolute atomic E-state index is 0.337. The lowest BCUT2D eigenvalue weighted by molar-refractivity contribution is -0.123. The van der Waals surface area contributed by atoms with Crippen molar-refractivity contribution >= 4 is 5.91 Å². The Labute approximate surface area is 110 Å². The van der Waals surface area contributed by atoms with E-state index >= 15 is 0 Å². The van der Waals surface area contributed by atoms with Gasteiger partial charge in [-0.2, -0.15) is 0 Å². The van der Waals surface area contributed by atoms with Gasteiger partial charge in [0.25, 0.3) is 0 Å². The van der Waals surface area contributed by atoms with Gasteiger partial charge in [-0.25, -0.2) is 0 Å². The minimum atomic E-state index is -0.763. The Hall–Kier alpha value is -0.610. The maximum absolute atomic E-state index is 11.4. The number of nitrogens with zero attached hydrogens (tertiary/aromatic N) is 1. The highest BCUT2D eigenvalue weighted by Crippen LogP contribution is 2.34. The van der Waals surface area contributed by atoms with E-state index in [0.717, 1.165) is 25.2 Å². The molecule has 2 aliphatic carbocycles. The van der Waals surface area contributed by atoms with Gasteiger partial charge in [-0.3, -0.25) is 4.79 Å². The summed E-state index contributed by atoms with van der Waals surface area (Å²) in [6, 6.07) is 1.10. The van der Waals surface area contributed by atoms with Gasteiger partial charge in [-0.1, -0.05) is 6.92 Å². The van der Waals surface area contributed by atoms with E-state index in [0.29, 0.717) is 12.1 Å². The highest BCUT2D eigenvalue weighted by atomic mass is 16.1. The smallest absolute Gasteiger partial charge is 0.237 e. The Kier molecular flexibility index (Phi) is 3.97. The molecule has 2 unspecified atom stereocenters. The Bertz CT molecular complexity index is 312. The second kappa shape index (κ2) is 5.17. The first-order valence-corrected chi connectivity index (χ1v) is 7.23. The molecule has 0 aromatic rings. The first-order valence-electron chi connectivity index (χ1n) is 7.23. The predicted molar refractivity (Wildman–Crippen MR) is 72.9 cm³/mol. The Morgan fingerprint density at radius 3 is 2.28 bits per heavy atom. The number of nitrogens with two attached hydrogens (primary N) is 2. The van der Waals surface area contributed by atoms with E-state index in [1.165, 1.54) is 25.7 Å². The van der Waals surface area contributed by atoms with Crippen LogP contribution in [0.4, 0.5) is 0 Å². The van der Waals surface area contributed by atoms with E-state index in [-0.39, 0.29) is 5.91 Å². The highest BCUT2D eigenvalue weighted by molar-refractivity contribution is 5.84. The fourth-order valence-electron chi connectivity index (χ4n) is 3.57. The molecule has 104 valence electrons. The summed E-state index contributed by atoms with van der Waals surface area (Å²) in [7, 11) is 2.19. The van der Waals surface area contributed by atoms with E-state index in [2.05, 4.69) is 18.9 Å². The molecular weight excluding hydrogens is 226 g/mol. The third kappa shape index (κ3) is 2.69. The van der Waals surface area contributed by atoms with Crippen LogP contribution < -0.4 is 11.5 Å².